The van der Waals surface area contributed by atoms with Gasteiger partial charge < -0.3 is 15.2 Å². The molecule has 0 spiro atoms. The van der Waals surface area contributed by atoms with Gasteiger partial charge in [0, 0.05) is 17.0 Å². The molecule has 0 aliphatic heterocycles. The second-order valence-electron chi connectivity index (χ2n) is 6.61. The Bertz CT molecular complexity index is 528. The number of phenols is 1. The lowest BCUT2D eigenvalue weighted by Crippen LogP contribution is -2.53. The molecule has 0 aromatic heterocycles. The highest BCUT2D eigenvalue weighted by atomic mass is 16.5. The molecule has 0 heterocycles. The monoisotopic (exact) mass is 289 g/mol. The fraction of sp³-hybridized carbons (Fsp3) is 0.667. The van der Waals surface area contributed by atoms with Crippen molar-refractivity contribution < 1.29 is 9.84 Å². The molecular weight excluding hydrogens is 262 g/mol. The summed E-state index contributed by atoms with van der Waals surface area (Å²) >= 11 is 0. The third-order valence-electron chi connectivity index (χ3n) is 5.97. The van der Waals surface area contributed by atoms with E-state index in [0.717, 1.165) is 12.8 Å². The second kappa shape index (κ2) is 5.53. The Morgan fingerprint density at radius 2 is 2.19 bits per heavy atom. The summed E-state index contributed by atoms with van der Waals surface area (Å²) in [5, 5.41) is 14.3. The van der Waals surface area contributed by atoms with E-state index in [1.807, 2.05) is 6.07 Å². The van der Waals surface area contributed by atoms with E-state index in [9.17, 15) is 5.11 Å². The lowest BCUT2D eigenvalue weighted by Gasteiger charge is -2.52. The highest BCUT2D eigenvalue weighted by Gasteiger charge is 2.49. The van der Waals surface area contributed by atoms with Crippen LogP contribution < -0.4 is 10.1 Å². The predicted molar refractivity (Wildman–Crippen MR) is 85.1 cm³/mol. The molecule has 1 aromatic carbocycles. The van der Waals surface area contributed by atoms with Crippen molar-refractivity contribution in [2.24, 2.45) is 5.92 Å². The van der Waals surface area contributed by atoms with Crippen molar-refractivity contribution in [1.29, 1.82) is 0 Å². The minimum absolute atomic E-state index is 0.109. The number of hydrogen-bond donors (Lipinski definition) is 2. The first kappa shape index (κ1) is 14.7. The molecule has 0 unspecified atom stereocenters. The molecule has 3 atom stereocenters. The van der Waals surface area contributed by atoms with E-state index in [1.165, 1.54) is 36.8 Å². The van der Waals surface area contributed by atoms with Crippen molar-refractivity contribution in [2.75, 3.05) is 14.2 Å². The minimum atomic E-state index is 0.109. The lowest BCUT2D eigenvalue weighted by atomic mass is 9.54. The van der Waals surface area contributed by atoms with Crippen LogP contribution in [0, 0.1) is 5.92 Å². The highest BCUT2D eigenvalue weighted by Crippen LogP contribution is 2.56. The van der Waals surface area contributed by atoms with Crippen LogP contribution in [0.2, 0.25) is 0 Å². The fourth-order valence-electron chi connectivity index (χ4n) is 4.97. The maximum Gasteiger partial charge on any atom is 0.161 e. The van der Waals surface area contributed by atoms with Gasteiger partial charge in [-0.15, -0.1) is 0 Å². The number of rotatable bonds is 3. The van der Waals surface area contributed by atoms with Crippen LogP contribution in [0.3, 0.4) is 0 Å². The zero-order valence-electron chi connectivity index (χ0n) is 13.4. The van der Waals surface area contributed by atoms with E-state index >= 15 is 0 Å². The predicted octanol–water partition coefficient (Wildman–Crippen LogP) is 3.38. The van der Waals surface area contributed by atoms with Gasteiger partial charge in [0.15, 0.2) is 11.5 Å². The Morgan fingerprint density at radius 3 is 2.86 bits per heavy atom. The first-order valence-corrected chi connectivity index (χ1v) is 8.24. The summed E-state index contributed by atoms with van der Waals surface area (Å²) in [7, 11) is 3.71. The molecule has 2 aliphatic rings. The highest BCUT2D eigenvalue weighted by molar-refractivity contribution is 5.55. The van der Waals surface area contributed by atoms with E-state index < -0.39 is 0 Å². The zero-order chi connectivity index (χ0) is 15.0. The summed E-state index contributed by atoms with van der Waals surface area (Å²) in [6.07, 6.45) is 7.11. The van der Waals surface area contributed by atoms with Crippen molar-refractivity contribution in [3.8, 4) is 11.5 Å². The number of nitrogens with one attached hydrogen (secondary N) is 1. The summed E-state index contributed by atoms with van der Waals surface area (Å²) in [5.74, 6) is 1.62. The fourth-order valence-corrected chi connectivity index (χ4v) is 4.97. The van der Waals surface area contributed by atoms with E-state index in [1.54, 1.807) is 7.11 Å². The van der Waals surface area contributed by atoms with Gasteiger partial charge in [0.1, 0.15) is 0 Å². The van der Waals surface area contributed by atoms with E-state index in [0.29, 0.717) is 23.5 Å². The normalized spacial score (nSPS) is 31.4. The number of benzene rings is 1. The van der Waals surface area contributed by atoms with Crippen molar-refractivity contribution >= 4 is 0 Å². The van der Waals surface area contributed by atoms with Crippen LogP contribution in [0.15, 0.2) is 12.1 Å². The number of methoxy groups -OCH3 is 1. The quantitative estimate of drug-likeness (QED) is 0.896. The van der Waals surface area contributed by atoms with E-state index in [-0.39, 0.29) is 5.41 Å². The zero-order valence-corrected chi connectivity index (χ0v) is 13.4. The van der Waals surface area contributed by atoms with Crippen LogP contribution in [0.4, 0.5) is 0 Å². The van der Waals surface area contributed by atoms with Crippen LogP contribution in [0.5, 0.6) is 11.5 Å². The van der Waals surface area contributed by atoms with E-state index in [2.05, 4.69) is 25.4 Å². The average molecular weight is 289 g/mol. The van der Waals surface area contributed by atoms with Crippen LogP contribution >= 0.6 is 0 Å². The summed E-state index contributed by atoms with van der Waals surface area (Å²) in [6.45, 7) is 2.28. The van der Waals surface area contributed by atoms with Gasteiger partial charge >= 0.3 is 0 Å². The van der Waals surface area contributed by atoms with Gasteiger partial charge in [0.05, 0.1) is 7.11 Å². The lowest BCUT2D eigenvalue weighted by molar-refractivity contribution is 0.117. The number of phenolic OH excluding ortho intramolecular Hbond substituents is 1. The molecule has 1 aromatic rings. The molecule has 3 nitrogen and oxygen atoms in total. The standard InChI is InChI=1S/C18H27NO2/c1-4-18-10-6-5-7-13(18)14(19-2)11-12-8-9-15(21-3)17(20)16(12)18/h8-9,13-14,19-20H,4-7,10-11H2,1-3H3/t13-,14+,18-/m0/s1. The summed E-state index contributed by atoms with van der Waals surface area (Å²) in [5.41, 5.74) is 2.59. The van der Waals surface area contributed by atoms with Crippen molar-refractivity contribution in [3.05, 3.63) is 23.3 Å². The maximum absolute atomic E-state index is 10.8. The SMILES string of the molecule is CC[C@]12CCCC[C@H]1[C@H](NC)Cc1ccc(OC)c(O)c12. The largest absolute Gasteiger partial charge is 0.504 e. The number of hydrogen-bond acceptors (Lipinski definition) is 3. The van der Waals surface area contributed by atoms with Gasteiger partial charge in [0.2, 0.25) is 0 Å². The molecule has 3 rings (SSSR count). The van der Waals surface area contributed by atoms with Gasteiger partial charge in [-0.2, -0.15) is 0 Å². The Hall–Kier alpha value is -1.22. The number of likely N-dealkylation sites (N-methyl/N-ethyl adjacent to an activating group) is 1. The molecule has 1 saturated carbocycles. The van der Waals surface area contributed by atoms with Crippen LogP contribution in [-0.4, -0.2) is 25.3 Å². The van der Waals surface area contributed by atoms with E-state index in [4.69, 9.17) is 4.74 Å². The van der Waals surface area contributed by atoms with Crippen molar-refractivity contribution in [3.63, 3.8) is 0 Å². The van der Waals surface area contributed by atoms with Gasteiger partial charge in [-0.1, -0.05) is 25.8 Å². The number of fused-ring (bicyclic) bond motifs is 3. The smallest absolute Gasteiger partial charge is 0.161 e. The Labute approximate surface area is 127 Å². The molecule has 3 heteroatoms. The molecular formula is C18H27NO2. The molecule has 21 heavy (non-hydrogen) atoms. The molecule has 0 saturated heterocycles. The molecule has 0 radical (unpaired) electrons. The summed E-state index contributed by atoms with van der Waals surface area (Å²) < 4.78 is 5.37. The molecule has 116 valence electrons. The average Bonchev–Trinajstić information content (AvgIpc) is 2.53. The first-order chi connectivity index (χ1) is 10.2. The molecule has 0 amide bonds. The molecule has 2 N–H and O–H groups in total. The Morgan fingerprint density at radius 1 is 1.38 bits per heavy atom. The van der Waals surface area contributed by atoms with Crippen LogP contribution in [0.1, 0.15) is 50.2 Å². The Kier molecular flexibility index (Phi) is 3.87. The third kappa shape index (κ3) is 2.05. The third-order valence-corrected chi connectivity index (χ3v) is 5.97. The minimum Gasteiger partial charge on any atom is -0.504 e. The Balaban J connectivity index is 2.20. The maximum atomic E-state index is 10.8. The second-order valence-corrected chi connectivity index (χ2v) is 6.61. The topological polar surface area (TPSA) is 41.5 Å². The number of ether oxygens (including phenoxy) is 1. The first-order valence-electron chi connectivity index (χ1n) is 8.24. The molecule has 2 aliphatic carbocycles. The van der Waals surface area contributed by atoms with Gasteiger partial charge in [0.25, 0.3) is 0 Å². The van der Waals surface area contributed by atoms with Gasteiger partial charge in [-0.25, -0.2) is 0 Å². The van der Waals surface area contributed by atoms with Crippen LogP contribution in [0.25, 0.3) is 0 Å². The van der Waals surface area contributed by atoms with Crippen LogP contribution in [-0.2, 0) is 11.8 Å². The number of aromatic hydroxyl groups is 1. The van der Waals surface area contributed by atoms with Gasteiger partial charge in [-0.3, -0.25) is 0 Å². The molecule has 0 bridgehead atoms. The van der Waals surface area contributed by atoms with Crippen molar-refractivity contribution in [1.82, 2.24) is 5.32 Å². The molecule has 1 fully saturated rings. The summed E-state index contributed by atoms with van der Waals surface area (Å²) in [6, 6.07) is 4.58. The summed E-state index contributed by atoms with van der Waals surface area (Å²) in [4.78, 5) is 0. The van der Waals surface area contributed by atoms with Crippen molar-refractivity contribution in [2.45, 2.75) is 56.9 Å². The van der Waals surface area contributed by atoms with Gasteiger partial charge in [-0.05, 0) is 50.3 Å².